The molecule has 3 aromatic heterocycles. The fourth-order valence-corrected chi connectivity index (χ4v) is 3.18. The summed E-state index contributed by atoms with van der Waals surface area (Å²) in [6.45, 7) is 0. The number of halogens is 1. The number of benzene rings is 2. The molecule has 0 aliphatic rings. The van der Waals surface area contributed by atoms with E-state index in [1.807, 2.05) is 53.1 Å². The Bertz CT molecular complexity index is 1400. The molecule has 148 valence electrons. The van der Waals surface area contributed by atoms with Gasteiger partial charge in [0.1, 0.15) is 23.0 Å². The van der Waals surface area contributed by atoms with Crippen LogP contribution in [-0.2, 0) is 0 Å². The van der Waals surface area contributed by atoms with E-state index in [4.69, 9.17) is 4.98 Å². The fourth-order valence-electron chi connectivity index (χ4n) is 3.18. The Kier molecular flexibility index (Phi) is 4.83. The summed E-state index contributed by atoms with van der Waals surface area (Å²) in [6, 6.07) is 19.7. The molecule has 0 radical (unpaired) electrons. The molecule has 0 spiro atoms. The lowest BCUT2D eigenvalue weighted by Gasteiger charge is -2.09. The average Bonchev–Trinajstić information content (AvgIpc) is 3.18. The van der Waals surface area contributed by atoms with Crippen LogP contribution in [-0.4, -0.2) is 19.4 Å². The number of nitrogens with zero attached hydrogens (tertiary/aromatic N) is 4. The number of fused-ring (bicyclic) bond motifs is 1. The smallest absolute Gasteiger partial charge is 0.157 e. The van der Waals surface area contributed by atoms with Crippen molar-refractivity contribution in [2.45, 2.75) is 0 Å². The molecular formula is C25H16FN5. The Morgan fingerprint density at radius 1 is 0.871 bits per heavy atom. The van der Waals surface area contributed by atoms with E-state index < -0.39 is 0 Å². The third-order valence-corrected chi connectivity index (χ3v) is 4.70. The largest absolute Gasteiger partial charge is 0.339 e. The van der Waals surface area contributed by atoms with E-state index in [2.05, 4.69) is 27.1 Å². The zero-order valence-corrected chi connectivity index (χ0v) is 16.3. The number of aromatic nitrogens is 4. The number of pyridine rings is 1. The summed E-state index contributed by atoms with van der Waals surface area (Å²) >= 11 is 0. The Balaban J connectivity index is 1.51. The van der Waals surface area contributed by atoms with Crippen molar-refractivity contribution in [2.75, 3.05) is 5.32 Å². The van der Waals surface area contributed by atoms with E-state index in [0.29, 0.717) is 5.65 Å². The van der Waals surface area contributed by atoms with Gasteiger partial charge in [0.05, 0.1) is 6.20 Å². The van der Waals surface area contributed by atoms with Crippen LogP contribution in [0.1, 0.15) is 11.3 Å². The monoisotopic (exact) mass is 405 g/mol. The average molecular weight is 405 g/mol. The molecule has 0 aliphatic heterocycles. The van der Waals surface area contributed by atoms with Crippen LogP contribution in [0.15, 0.2) is 91.5 Å². The number of hydrogen-bond acceptors (Lipinski definition) is 4. The molecule has 0 unspecified atom stereocenters. The van der Waals surface area contributed by atoms with Crippen LogP contribution in [0.2, 0.25) is 0 Å². The molecule has 0 aliphatic carbocycles. The van der Waals surface area contributed by atoms with Crippen LogP contribution in [0, 0.1) is 17.7 Å². The summed E-state index contributed by atoms with van der Waals surface area (Å²) < 4.78 is 15.2. The van der Waals surface area contributed by atoms with Crippen LogP contribution in [0.3, 0.4) is 0 Å². The first-order valence-corrected chi connectivity index (χ1v) is 9.64. The van der Waals surface area contributed by atoms with Crippen molar-refractivity contribution in [3.63, 3.8) is 0 Å². The van der Waals surface area contributed by atoms with Gasteiger partial charge in [-0.05, 0) is 54.5 Å². The van der Waals surface area contributed by atoms with Gasteiger partial charge in [0, 0.05) is 35.4 Å². The normalized spacial score (nSPS) is 10.5. The molecule has 3 heterocycles. The van der Waals surface area contributed by atoms with E-state index in [-0.39, 0.29) is 5.82 Å². The molecule has 0 saturated carbocycles. The maximum absolute atomic E-state index is 13.3. The van der Waals surface area contributed by atoms with Crippen molar-refractivity contribution in [3.05, 3.63) is 109 Å². The number of hydrogen-bond donors (Lipinski definition) is 1. The lowest BCUT2D eigenvalue weighted by molar-refractivity contribution is 0.628. The molecule has 5 aromatic rings. The molecular weight excluding hydrogens is 389 g/mol. The van der Waals surface area contributed by atoms with Gasteiger partial charge in [0.15, 0.2) is 5.65 Å². The number of anilines is 2. The van der Waals surface area contributed by atoms with Crippen molar-refractivity contribution in [2.24, 2.45) is 0 Å². The number of nitrogens with one attached hydrogen (secondary N) is 1. The highest BCUT2D eigenvalue weighted by molar-refractivity contribution is 5.79. The maximum atomic E-state index is 13.3. The first-order chi connectivity index (χ1) is 15.3. The molecule has 6 heteroatoms. The minimum atomic E-state index is -0.282. The first kappa shape index (κ1) is 18.5. The SMILES string of the molecule is Fc1ccc(Nc2c(-c3ccc(C#Cc4ccccn4)cc3)nc3cnccn23)cc1. The van der Waals surface area contributed by atoms with E-state index in [0.717, 1.165) is 34.0 Å². The number of imidazole rings is 1. The topological polar surface area (TPSA) is 55.1 Å². The van der Waals surface area contributed by atoms with Crippen molar-refractivity contribution < 1.29 is 4.39 Å². The Hall–Kier alpha value is -4.50. The van der Waals surface area contributed by atoms with Gasteiger partial charge in [-0.25, -0.2) is 14.4 Å². The maximum Gasteiger partial charge on any atom is 0.157 e. The van der Waals surface area contributed by atoms with Crippen LogP contribution in [0.5, 0.6) is 0 Å². The molecule has 0 amide bonds. The lowest BCUT2D eigenvalue weighted by atomic mass is 10.1. The van der Waals surface area contributed by atoms with Gasteiger partial charge in [0.25, 0.3) is 0 Å². The summed E-state index contributed by atoms with van der Waals surface area (Å²) in [7, 11) is 0. The van der Waals surface area contributed by atoms with Crippen LogP contribution >= 0.6 is 0 Å². The molecule has 0 bridgehead atoms. The fraction of sp³-hybridized carbons (Fsp3) is 0. The van der Waals surface area contributed by atoms with Crippen LogP contribution in [0.25, 0.3) is 16.9 Å². The predicted molar refractivity (Wildman–Crippen MR) is 118 cm³/mol. The Morgan fingerprint density at radius 2 is 1.71 bits per heavy atom. The molecule has 2 aromatic carbocycles. The Labute approximate surface area is 178 Å². The van der Waals surface area contributed by atoms with Crippen LogP contribution in [0.4, 0.5) is 15.9 Å². The van der Waals surface area contributed by atoms with Gasteiger partial charge in [-0.15, -0.1) is 0 Å². The van der Waals surface area contributed by atoms with E-state index in [1.54, 1.807) is 30.7 Å². The van der Waals surface area contributed by atoms with E-state index in [1.165, 1.54) is 12.1 Å². The van der Waals surface area contributed by atoms with Gasteiger partial charge in [0.2, 0.25) is 0 Å². The summed E-state index contributed by atoms with van der Waals surface area (Å²) in [6.07, 6.45) is 6.96. The van der Waals surface area contributed by atoms with E-state index in [9.17, 15) is 4.39 Å². The van der Waals surface area contributed by atoms with Gasteiger partial charge < -0.3 is 5.32 Å². The quantitative estimate of drug-likeness (QED) is 0.426. The predicted octanol–water partition coefficient (Wildman–Crippen LogP) is 5.07. The second-order valence-corrected chi connectivity index (χ2v) is 6.79. The molecule has 0 saturated heterocycles. The minimum absolute atomic E-state index is 0.282. The van der Waals surface area contributed by atoms with Crippen molar-refractivity contribution in [3.8, 4) is 23.1 Å². The highest BCUT2D eigenvalue weighted by Crippen LogP contribution is 2.31. The summed E-state index contributed by atoms with van der Waals surface area (Å²) in [5, 5.41) is 3.35. The third kappa shape index (κ3) is 3.98. The lowest BCUT2D eigenvalue weighted by Crippen LogP contribution is -1.97. The molecule has 0 atom stereocenters. The van der Waals surface area contributed by atoms with Gasteiger partial charge in [-0.3, -0.25) is 9.38 Å². The van der Waals surface area contributed by atoms with Gasteiger partial charge in [-0.2, -0.15) is 0 Å². The molecule has 5 nitrogen and oxygen atoms in total. The summed E-state index contributed by atoms with van der Waals surface area (Å²) in [5.74, 6) is 6.68. The molecule has 0 fully saturated rings. The van der Waals surface area contributed by atoms with Crippen molar-refractivity contribution in [1.29, 1.82) is 0 Å². The summed E-state index contributed by atoms with van der Waals surface area (Å²) in [4.78, 5) is 13.1. The van der Waals surface area contributed by atoms with Gasteiger partial charge >= 0.3 is 0 Å². The highest BCUT2D eigenvalue weighted by atomic mass is 19.1. The van der Waals surface area contributed by atoms with Crippen LogP contribution < -0.4 is 5.32 Å². The number of rotatable bonds is 3. The second-order valence-electron chi connectivity index (χ2n) is 6.79. The standard InChI is InChI=1S/C25H16FN5/c26-20-9-12-22(13-10-20)29-25-24(30-23-17-27-15-16-31(23)25)19-7-4-18(5-8-19)6-11-21-3-1-2-14-28-21/h1-5,7-10,12-17,29H. The van der Waals surface area contributed by atoms with Crippen molar-refractivity contribution in [1.82, 2.24) is 19.4 Å². The molecule has 1 N–H and O–H groups in total. The minimum Gasteiger partial charge on any atom is -0.339 e. The summed E-state index contributed by atoms with van der Waals surface area (Å²) in [5.41, 5.74) is 4.77. The Morgan fingerprint density at radius 3 is 2.48 bits per heavy atom. The highest BCUT2D eigenvalue weighted by Gasteiger charge is 2.14. The zero-order valence-electron chi connectivity index (χ0n) is 16.3. The first-order valence-electron chi connectivity index (χ1n) is 9.64. The third-order valence-electron chi connectivity index (χ3n) is 4.70. The van der Waals surface area contributed by atoms with Crippen molar-refractivity contribution >= 4 is 17.2 Å². The van der Waals surface area contributed by atoms with E-state index >= 15 is 0 Å². The molecule has 31 heavy (non-hydrogen) atoms. The second kappa shape index (κ2) is 8.09. The van der Waals surface area contributed by atoms with Gasteiger partial charge in [-0.1, -0.05) is 24.1 Å². The zero-order chi connectivity index (χ0) is 21.0. The molecule has 5 rings (SSSR count).